The number of ether oxygens (including phenoxy) is 2. The molecule has 0 aromatic heterocycles. The summed E-state index contributed by atoms with van der Waals surface area (Å²) in [7, 11) is 1.46. The molecule has 0 spiro atoms. The second kappa shape index (κ2) is 5.69. The van der Waals surface area contributed by atoms with Crippen LogP contribution in [0.15, 0.2) is 24.3 Å². The summed E-state index contributed by atoms with van der Waals surface area (Å²) >= 11 is 0. The number of primary amides is 1. The second-order valence-electron chi connectivity index (χ2n) is 3.24. The van der Waals surface area contributed by atoms with Crippen LogP contribution in [0.1, 0.15) is 12.5 Å². The van der Waals surface area contributed by atoms with Crippen LogP contribution < -0.4 is 15.2 Å². The Kier molecular flexibility index (Phi) is 4.28. The Morgan fingerprint density at radius 3 is 2.53 bits per heavy atom. The van der Waals surface area contributed by atoms with E-state index in [1.54, 1.807) is 24.3 Å². The van der Waals surface area contributed by atoms with Crippen molar-refractivity contribution in [1.82, 2.24) is 0 Å². The Bertz CT molecular complexity index is 466. The van der Waals surface area contributed by atoms with Gasteiger partial charge in [-0.25, -0.2) is 0 Å². The van der Waals surface area contributed by atoms with Gasteiger partial charge in [0.25, 0.3) is 0 Å². The van der Waals surface area contributed by atoms with Gasteiger partial charge >= 0.3 is 5.97 Å². The van der Waals surface area contributed by atoms with Crippen molar-refractivity contribution in [2.75, 3.05) is 7.11 Å². The predicted molar refractivity (Wildman–Crippen MR) is 62.5 cm³/mol. The molecule has 2 N–H and O–H groups in total. The summed E-state index contributed by atoms with van der Waals surface area (Å²) in [5, 5.41) is 0. The number of esters is 1. The van der Waals surface area contributed by atoms with E-state index < -0.39 is 11.9 Å². The van der Waals surface area contributed by atoms with Crippen molar-refractivity contribution < 1.29 is 19.1 Å². The summed E-state index contributed by atoms with van der Waals surface area (Å²) in [6.07, 6.45) is 2.78. The molecule has 1 amide bonds. The van der Waals surface area contributed by atoms with Gasteiger partial charge in [-0.2, -0.15) is 0 Å². The van der Waals surface area contributed by atoms with Crippen LogP contribution in [0, 0.1) is 0 Å². The first-order chi connectivity index (χ1) is 8.02. The van der Waals surface area contributed by atoms with Gasteiger partial charge in [-0.1, -0.05) is 6.07 Å². The molecule has 5 nitrogen and oxygen atoms in total. The fourth-order valence-corrected chi connectivity index (χ4v) is 1.21. The highest BCUT2D eigenvalue weighted by molar-refractivity contribution is 5.90. The molecule has 17 heavy (non-hydrogen) atoms. The zero-order valence-electron chi connectivity index (χ0n) is 9.60. The third kappa shape index (κ3) is 3.98. The van der Waals surface area contributed by atoms with Crippen LogP contribution in [-0.2, 0) is 9.59 Å². The quantitative estimate of drug-likeness (QED) is 0.482. The van der Waals surface area contributed by atoms with Crippen molar-refractivity contribution in [3.8, 4) is 11.5 Å². The number of methoxy groups -OCH3 is 1. The Hall–Kier alpha value is -2.30. The molecule has 0 aliphatic heterocycles. The zero-order valence-corrected chi connectivity index (χ0v) is 9.60. The molecule has 90 valence electrons. The number of benzene rings is 1. The van der Waals surface area contributed by atoms with Crippen LogP contribution in [0.5, 0.6) is 11.5 Å². The van der Waals surface area contributed by atoms with Gasteiger partial charge in [0.05, 0.1) is 7.11 Å². The topological polar surface area (TPSA) is 78.6 Å². The van der Waals surface area contributed by atoms with Crippen LogP contribution in [-0.4, -0.2) is 19.0 Å². The van der Waals surface area contributed by atoms with E-state index in [1.165, 1.54) is 20.1 Å². The fraction of sp³-hybridized carbons (Fsp3) is 0.167. The van der Waals surface area contributed by atoms with Gasteiger partial charge < -0.3 is 15.2 Å². The van der Waals surface area contributed by atoms with Gasteiger partial charge in [0.2, 0.25) is 5.91 Å². The lowest BCUT2D eigenvalue weighted by molar-refractivity contribution is -0.132. The predicted octanol–water partition coefficient (Wildman–Crippen LogP) is 1.12. The fourth-order valence-electron chi connectivity index (χ4n) is 1.21. The first kappa shape index (κ1) is 12.8. The molecule has 0 unspecified atom stereocenters. The number of hydrogen-bond donors (Lipinski definition) is 1. The summed E-state index contributed by atoms with van der Waals surface area (Å²) in [5.74, 6) is -0.222. The lowest BCUT2D eigenvalue weighted by atomic mass is 10.2. The van der Waals surface area contributed by atoms with E-state index in [4.69, 9.17) is 15.2 Å². The van der Waals surface area contributed by atoms with E-state index in [-0.39, 0.29) is 0 Å². The smallest absolute Gasteiger partial charge is 0.308 e. The maximum absolute atomic E-state index is 10.8. The Morgan fingerprint density at radius 1 is 1.29 bits per heavy atom. The molecule has 0 aliphatic rings. The molecule has 1 rings (SSSR count). The second-order valence-corrected chi connectivity index (χ2v) is 3.24. The number of nitrogens with two attached hydrogens (primary N) is 1. The summed E-state index contributed by atoms with van der Waals surface area (Å²) in [5.41, 5.74) is 5.70. The molecule has 0 saturated carbocycles. The van der Waals surface area contributed by atoms with Crippen molar-refractivity contribution in [1.29, 1.82) is 0 Å². The number of hydrogen-bond acceptors (Lipinski definition) is 4. The van der Waals surface area contributed by atoms with E-state index in [0.29, 0.717) is 11.5 Å². The van der Waals surface area contributed by atoms with E-state index in [0.717, 1.165) is 5.56 Å². The Labute approximate surface area is 98.8 Å². The van der Waals surface area contributed by atoms with Gasteiger partial charge in [0.15, 0.2) is 11.5 Å². The maximum atomic E-state index is 10.8. The van der Waals surface area contributed by atoms with Crippen LogP contribution in [0.2, 0.25) is 0 Å². The third-order valence-electron chi connectivity index (χ3n) is 1.88. The van der Waals surface area contributed by atoms with Crippen LogP contribution >= 0.6 is 0 Å². The SMILES string of the molecule is COc1cc(/C=C\C(N)=O)ccc1OC(C)=O. The van der Waals surface area contributed by atoms with E-state index in [2.05, 4.69) is 0 Å². The highest BCUT2D eigenvalue weighted by Crippen LogP contribution is 2.28. The average molecular weight is 235 g/mol. The minimum absolute atomic E-state index is 0.330. The van der Waals surface area contributed by atoms with Gasteiger partial charge in [-0.15, -0.1) is 0 Å². The van der Waals surface area contributed by atoms with Crippen LogP contribution in [0.3, 0.4) is 0 Å². The first-order valence-electron chi connectivity index (χ1n) is 4.87. The molecule has 0 saturated heterocycles. The third-order valence-corrected chi connectivity index (χ3v) is 1.88. The highest BCUT2D eigenvalue weighted by Gasteiger charge is 2.06. The van der Waals surface area contributed by atoms with Gasteiger partial charge in [-0.3, -0.25) is 9.59 Å². The van der Waals surface area contributed by atoms with E-state index >= 15 is 0 Å². The van der Waals surface area contributed by atoms with Gasteiger partial charge in [0, 0.05) is 13.0 Å². The molecule has 1 aromatic carbocycles. The molecule has 0 atom stereocenters. The zero-order chi connectivity index (χ0) is 12.8. The van der Waals surface area contributed by atoms with Crippen molar-refractivity contribution in [3.05, 3.63) is 29.8 Å². The summed E-state index contributed by atoms with van der Waals surface area (Å²) in [6.45, 7) is 1.31. The summed E-state index contributed by atoms with van der Waals surface area (Å²) in [6, 6.07) is 4.90. The Morgan fingerprint density at radius 2 is 2.00 bits per heavy atom. The van der Waals surface area contributed by atoms with Crippen molar-refractivity contribution >= 4 is 18.0 Å². The largest absolute Gasteiger partial charge is 0.493 e. The summed E-state index contributed by atoms with van der Waals surface area (Å²) in [4.78, 5) is 21.4. The standard InChI is InChI=1S/C12H13NO4/c1-8(14)17-10-5-3-9(4-6-12(13)15)7-11(10)16-2/h3-7H,1-2H3,(H2,13,15)/b6-4-. The molecule has 5 heteroatoms. The van der Waals surface area contributed by atoms with Crippen molar-refractivity contribution in [2.45, 2.75) is 6.92 Å². The molecule has 0 bridgehead atoms. The molecule has 0 fully saturated rings. The number of carbonyl (C=O) groups is 2. The van der Waals surface area contributed by atoms with Crippen LogP contribution in [0.25, 0.3) is 6.08 Å². The van der Waals surface area contributed by atoms with E-state index in [1.807, 2.05) is 0 Å². The monoisotopic (exact) mass is 235 g/mol. The molecule has 0 aliphatic carbocycles. The van der Waals surface area contributed by atoms with Crippen LogP contribution in [0.4, 0.5) is 0 Å². The van der Waals surface area contributed by atoms with Gasteiger partial charge in [-0.05, 0) is 23.8 Å². The summed E-state index contributed by atoms with van der Waals surface area (Å²) < 4.78 is 10.0. The van der Waals surface area contributed by atoms with Gasteiger partial charge in [0.1, 0.15) is 0 Å². The number of amides is 1. The minimum Gasteiger partial charge on any atom is -0.493 e. The maximum Gasteiger partial charge on any atom is 0.308 e. The molecular formula is C12H13NO4. The number of rotatable bonds is 4. The molecule has 1 aromatic rings. The first-order valence-corrected chi connectivity index (χ1v) is 4.87. The minimum atomic E-state index is -0.534. The number of carbonyl (C=O) groups excluding carboxylic acids is 2. The Balaban J connectivity index is 2.99. The van der Waals surface area contributed by atoms with Crippen molar-refractivity contribution in [3.63, 3.8) is 0 Å². The van der Waals surface area contributed by atoms with Crippen molar-refractivity contribution in [2.24, 2.45) is 5.73 Å². The highest BCUT2D eigenvalue weighted by atomic mass is 16.6. The lowest BCUT2D eigenvalue weighted by Gasteiger charge is -2.08. The normalized spacial score (nSPS) is 10.2. The molecular weight excluding hydrogens is 222 g/mol. The lowest BCUT2D eigenvalue weighted by Crippen LogP contribution is -2.05. The molecule has 0 heterocycles. The molecule has 0 radical (unpaired) electrons. The van der Waals surface area contributed by atoms with E-state index in [9.17, 15) is 9.59 Å². The average Bonchev–Trinajstić information content (AvgIpc) is 2.26.